The topological polar surface area (TPSA) is 93.7 Å². The molecule has 5 nitrogen and oxygen atoms in total. The second-order valence-electron chi connectivity index (χ2n) is 2.75. The van der Waals surface area contributed by atoms with Gasteiger partial charge in [0, 0.05) is 176 Å². The van der Waals surface area contributed by atoms with Gasteiger partial charge >= 0.3 is 0 Å². The molecule has 84 valence electrons. The first-order valence-corrected chi connectivity index (χ1v) is 4.11. The van der Waals surface area contributed by atoms with Gasteiger partial charge in [0.2, 0.25) is 0 Å². The van der Waals surface area contributed by atoms with Gasteiger partial charge in [0.1, 0.15) is 12.2 Å². The van der Waals surface area contributed by atoms with E-state index in [9.17, 15) is 10.2 Å². The third kappa shape index (κ3) is 9.14. The van der Waals surface area contributed by atoms with Crippen LogP contribution in [0.2, 0.25) is 0 Å². The standard InChI is InChI=1S/C6H12NO4S.4Ac/c7-3-5(10)4(9)2(1-8)11-6(3)12;;;;/h2-10,12H,1H2;;;;/q-1;;;;/t2?,3?,4-,5?,6-;;;;/m0..../s1. The maximum atomic E-state index is 9.24. The van der Waals surface area contributed by atoms with Crippen LogP contribution >= 0.6 is 12.6 Å². The summed E-state index contributed by atoms with van der Waals surface area (Å²) in [7, 11) is 0. The number of hydrogen-bond donors (Lipinski definition) is 4. The molecule has 5 atom stereocenters. The van der Waals surface area contributed by atoms with Crippen LogP contribution in [0.4, 0.5) is 0 Å². The van der Waals surface area contributed by atoms with Crippen LogP contribution in [0.5, 0.6) is 0 Å². The number of hydrogen-bond acceptors (Lipinski definition) is 5. The Balaban J connectivity index is -0.000000180. The Labute approximate surface area is 244 Å². The maximum absolute atomic E-state index is 9.24. The molecule has 1 fully saturated rings. The first kappa shape index (κ1) is 29.9. The van der Waals surface area contributed by atoms with Crippen molar-refractivity contribution in [1.29, 1.82) is 0 Å². The fourth-order valence-corrected chi connectivity index (χ4v) is 1.43. The zero-order valence-corrected chi connectivity index (χ0v) is 28.5. The van der Waals surface area contributed by atoms with Crippen LogP contribution in [0.25, 0.3) is 5.73 Å². The molecule has 0 saturated carbocycles. The fraction of sp³-hybridized carbons (Fsp3) is 1.00. The smallest absolute Gasteiger partial charge is 0.110 e. The third-order valence-electron chi connectivity index (χ3n) is 1.90. The molecule has 0 aromatic carbocycles. The molecule has 1 rings (SSSR count). The Morgan fingerprint density at radius 1 is 1.06 bits per heavy atom. The maximum Gasteiger partial charge on any atom is 0.110 e. The summed E-state index contributed by atoms with van der Waals surface area (Å²) in [6.07, 6.45) is -3.26. The van der Waals surface area contributed by atoms with Gasteiger partial charge in [-0.05, 0) is 0 Å². The number of nitrogens with one attached hydrogen (secondary N) is 1. The Morgan fingerprint density at radius 2 is 1.50 bits per heavy atom. The summed E-state index contributed by atoms with van der Waals surface area (Å²) in [6, 6.07) is -0.980. The number of thiol groups is 1. The minimum atomic E-state index is -1.21. The van der Waals surface area contributed by atoms with E-state index in [1.54, 1.807) is 0 Å². The van der Waals surface area contributed by atoms with E-state index in [-0.39, 0.29) is 183 Å². The van der Waals surface area contributed by atoms with Gasteiger partial charge in [0.05, 0.1) is 18.1 Å². The van der Waals surface area contributed by atoms with Gasteiger partial charge in [0.15, 0.2) is 0 Å². The summed E-state index contributed by atoms with van der Waals surface area (Å²) in [6.45, 7) is -0.387. The Bertz CT molecular complexity index is 167. The number of aliphatic hydroxyl groups excluding tert-OH is 3. The van der Waals surface area contributed by atoms with Crippen LogP contribution in [0.15, 0.2) is 0 Å². The van der Waals surface area contributed by atoms with Crippen molar-refractivity contribution in [2.75, 3.05) is 6.61 Å². The minimum Gasteiger partial charge on any atom is -0.670 e. The Hall–Kier alpha value is 5.92. The van der Waals surface area contributed by atoms with Crippen LogP contribution in [-0.4, -0.2) is 51.7 Å². The third-order valence-corrected chi connectivity index (χ3v) is 2.34. The van der Waals surface area contributed by atoms with E-state index in [1.807, 2.05) is 0 Å². The molecular weight excluding hydrogens is 1090 g/mol. The summed E-state index contributed by atoms with van der Waals surface area (Å²) in [5, 5.41) is 27.2. The average molecular weight is 1100 g/mol. The normalized spacial score (nSPS) is 36.9. The van der Waals surface area contributed by atoms with E-state index in [2.05, 4.69) is 12.6 Å². The molecule has 1 aliphatic heterocycles. The first-order chi connectivity index (χ1) is 5.57. The van der Waals surface area contributed by atoms with Crippen molar-refractivity contribution in [1.82, 2.24) is 0 Å². The molecule has 0 spiro atoms. The average Bonchev–Trinajstić information content (AvgIpc) is 2.08. The molecular formula is C6H12Ac4NO4S-. The van der Waals surface area contributed by atoms with Gasteiger partial charge in [-0.3, -0.25) is 0 Å². The predicted molar refractivity (Wildman–Crippen MR) is 44.9 cm³/mol. The molecule has 0 aromatic rings. The van der Waals surface area contributed by atoms with E-state index < -0.39 is 29.8 Å². The molecule has 4 radical (unpaired) electrons. The van der Waals surface area contributed by atoms with Crippen LogP contribution < -0.4 is 0 Å². The van der Waals surface area contributed by atoms with Crippen molar-refractivity contribution in [3.63, 3.8) is 0 Å². The van der Waals surface area contributed by atoms with Crippen molar-refractivity contribution in [3.05, 3.63) is 5.73 Å². The quantitative estimate of drug-likeness (QED) is 0.248. The number of rotatable bonds is 1. The van der Waals surface area contributed by atoms with Gasteiger partial charge in [-0.15, -0.1) is 12.6 Å². The largest absolute Gasteiger partial charge is 0.670 e. The second kappa shape index (κ2) is 15.8. The van der Waals surface area contributed by atoms with E-state index >= 15 is 0 Å². The summed E-state index contributed by atoms with van der Waals surface area (Å²) in [4.78, 5) is 0. The van der Waals surface area contributed by atoms with Crippen LogP contribution in [-0.2, 0) is 4.74 Å². The van der Waals surface area contributed by atoms with Gasteiger partial charge in [-0.2, -0.15) is 0 Å². The van der Waals surface area contributed by atoms with Crippen LogP contribution in [0.3, 0.4) is 0 Å². The molecule has 10 heteroatoms. The van der Waals surface area contributed by atoms with Gasteiger partial charge in [-0.25, -0.2) is 0 Å². The predicted octanol–water partition coefficient (Wildman–Crippen LogP) is -1.22. The second-order valence-corrected chi connectivity index (χ2v) is 3.26. The summed E-state index contributed by atoms with van der Waals surface area (Å²) < 4.78 is 4.95. The number of aliphatic hydroxyl groups is 3. The van der Waals surface area contributed by atoms with Gasteiger partial charge < -0.3 is 25.8 Å². The van der Waals surface area contributed by atoms with E-state index in [0.717, 1.165) is 0 Å². The molecule has 1 saturated heterocycles. The van der Waals surface area contributed by atoms with Gasteiger partial charge in [0.25, 0.3) is 0 Å². The zero-order valence-electron chi connectivity index (χ0n) is 8.60. The zero-order chi connectivity index (χ0) is 9.30. The van der Waals surface area contributed by atoms with Crippen LogP contribution in [0.1, 0.15) is 0 Å². The Kier molecular flexibility index (Phi) is 29.5. The summed E-state index contributed by atoms with van der Waals surface area (Å²) in [5.74, 6) is 0. The first-order valence-electron chi connectivity index (χ1n) is 3.59. The van der Waals surface area contributed by atoms with Crippen LogP contribution in [0, 0.1) is 176 Å². The molecule has 4 N–H and O–H groups in total. The molecule has 0 amide bonds. The van der Waals surface area contributed by atoms with Crippen molar-refractivity contribution in [2.24, 2.45) is 0 Å². The molecule has 1 heterocycles. The SMILES string of the molecule is [Ac].[Ac].[Ac].[Ac].[NH-]C1C(O)[C@@H](O)C(CO)O[C@H]1S. The summed E-state index contributed by atoms with van der Waals surface area (Å²) in [5.41, 5.74) is 6.52. The van der Waals surface area contributed by atoms with E-state index in [4.69, 9.17) is 15.6 Å². The van der Waals surface area contributed by atoms with Crippen molar-refractivity contribution in [3.8, 4) is 0 Å². The molecule has 0 aliphatic carbocycles. The van der Waals surface area contributed by atoms with Crippen molar-refractivity contribution < 1.29 is 196 Å². The minimum absolute atomic E-state index is 0. The molecule has 0 aromatic heterocycles. The molecule has 0 bridgehead atoms. The van der Waals surface area contributed by atoms with E-state index in [1.165, 1.54) is 0 Å². The summed E-state index contributed by atoms with van der Waals surface area (Å²) >= 11 is 3.88. The van der Waals surface area contributed by atoms with Crippen molar-refractivity contribution >= 4 is 12.6 Å². The fourth-order valence-electron chi connectivity index (χ4n) is 1.10. The Morgan fingerprint density at radius 3 is 1.88 bits per heavy atom. The molecule has 3 unspecified atom stereocenters. The molecule has 16 heavy (non-hydrogen) atoms. The van der Waals surface area contributed by atoms with Gasteiger partial charge in [-0.1, -0.05) is 6.04 Å². The van der Waals surface area contributed by atoms with Crippen molar-refractivity contribution in [2.45, 2.75) is 29.8 Å². The monoisotopic (exact) mass is 1100 g/mol. The van der Waals surface area contributed by atoms with E-state index in [0.29, 0.717) is 0 Å². The molecule has 1 aliphatic rings. The number of ether oxygens (including phenoxy) is 1.